The first-order valence-corrected chi connectivity index (χ1v) is 7.50. The van der Waals surface area contributed by atoms with Crippen molar-refractivity contribution < 1.29 is 27.2 Å². The molecule has 0 saturated heterocycles. The number of halogens is 4. The van der Waals surface area contributed by atoms with Crippen LogP contribution in [-0.4, -0.2) is 36.9 Å². The van der Waals surface area contributed by atoms with Crippen molar-refractivity contribution >= 4 is 11.8 Å². The van der Waals surface area contributed by atoms with E-state index in [-0.39, 0.29) is 18.0 Å². The van der Waals surface area contributed by atoms with Crippen LogP contribution in [0, 0.1) is 5.82 Å². The molecule has 1 saturated carbocycles. The van der Waals surface area contributed by atoms with Crippen molar-refractivity contribution in [2.45, 2.75) is 31.4 Å². The normalized spacial score (nSPS) is 15.8. The molecule has 2 rings (SSSR count). The van der Waals surface area contributed by atoms with E-state index in [2.05, 4.69) is 5.32 Å². The lowest BCUT2D eigenvalue weighted by molar-refractivity contribution is -0.138. The zero-order valence-electron chi connectivity index (χ0n) is 13.3. The molecular weight excluding hydrogens is 328 g/mol. The Hall–Kier alpha value is -2.12. The fourth-order valence-electron chi connectivity index (χ4n) is 2.44. The number of hydrogen-bond donors (Lipinski definition) is 1. The van der Waals surface area contributed by atoms with Gasteiger partial charge in [0.2, 0.25) is 11.8 Å². The fraction of sp³-hybridized carbons (Fsp3) is 0.500. The summed E-state index contributed by atoms with van der Waals surface area (Å²) >= 11 is 0. The summed E-state index contributed by atoms with van der Waals surface area (Å²) in [7, 11) is 1.57. The molecule has 1 aromatic carbocycles. The molecule has 0 unspecified atom stereocenters. The number of likely N-dealkylation sites (N-methyl/N-ethyl adjacent to an activating group) is 1. The number of carbonyl (C=O) groups is 2. The molecule has 1 N–H and O–H groups in total. The first kappa shape index (κ1) is 18.2. The highest BCUT2D eigenvalue weighted by atomic mass is 19.4. The molecular formula is C16H18F4N2O2. The van der Waals surface area contributed by atoms with Crippen molar-refractivity contribution in [3.8, 4) is 0 Å². The van der Waals surface area contributed by atoms with Gasteiger partial charge >= 0.3 is 6.18 Å². The van der Waals surface area contributed by atoms with E-state index < -0.39 is 28.9 Å². The number of nitrogens with one attached hydrogen (secondary N) is 1. The van der Waals surface area contributed by atoms with Crippen LogP contribution >= 0.6 is 0 Å². The van der Waals surface area contributed by atoms with Gasteiger partial charge in [-0.2, -0.15) is 13.2 Å². The topological polar surface area (TPSA) is 49.4 Å². The molecule has 1 aliphatic rings. The van der Waals surface area contributed by atoms with Crippen molar-refractivity contribution in [2.75, 3.05) is 20.1 Å². The lowest BCUT2D eigenvalue weighted by Crippen LogP contribution is -2.42. The van der Waals surface area contributed by atoms with E-state index in [4.69, 9.17) is 0 Å². The van der Waals surface area contributed by atoms with Gasteiger partial charge in [-0.25, -0.2) is 4.39 Å². The van der Waals surface area contributed by atoms with E-state index in [1.165, 1.54) is 4.90 Å². The third kappa shape index (κ3) is 3.68. The van der Waals surface area contributed by atoms with Gasteiger partial charge < -0.3 is 10.2 Å². The maximum atomic E-state index is 13.6. The van der Waals surface area contributed by atoms with Crippen LogP contribution in [-0.2, 0) is 21.2 Å². The van der Waals surface area contributed by atoms with Gasteiger partial charge in [-0.05, 0) is 43.5 Å². The second-order valence-corrected chi connectivity index (χ2v) is 5.90. The van der Waals surface area contributed by atoms with Gasteiger partial charge in [0.05, 0.1) is 17.5 Å². The summed E-state index contributed by atoms with van der Waals surface area (Å²) in [5.74, 6) is -1.91. The first-order chi connectivity index (χ1) is 11.1. The van der Waals surface area contributed by atoms with E-state index in [1.54, 1.807) is 14.0 Å². The summed E-state index contributed by atoms with van der Waals surface area (Å²) in [6, 6.07) is 2.15. The lowest BCUT2D eigenvalue weighted by atomic mass is 9.93. The standard InChI is InChI=1S/C16H18F4N2O2/c1-3-22(2)13(23)9-21-14(24)15(4-5-15)10-6-11(16(18,19)20)8-12(17)7-10/h6-8H,3-5,9H2,1-2H3,(H,21,24). The van der Waals surface area contributed by atoms with Crippen LogP contribution in [0.5, 0.6) is 0 Å². The van der Waals surface area contributed by atoms with Crippen LogP contribution in [0.25, 0.3) is 0 Å². The summed E-state index contributed by atoms with van der Waals surface area (Å²) in [6.45, 7) is 2.00. The van der Waals surface area contributed by atoms with Gasteiger partial charge in [0.25, 0.3) is 0 Å². The SMILES string of the molecule is CCN(C)C(=O)CNC(=O)C1(c2cc(F)cc(C(F)(F)F)c2)CC1. The Morgan fingerprint density at radius 3 is 2.38 bits per heavy atom. The molecule has 0 atom stereocenters. The molecule has 1 aliphatic carbocycles. The number of alkyl halides is 3. The Kier molecular flexibility index (Phi) is 4.87. The quantitative estimate of drug-likeness (QED) is 0.833. The summed E-state index contributed by atoms with van der Waals surface area (Å²) in [4.78, 5) is 25.4. The molecule has 132 valence electrons. The van der Waals surface area contributed by atoms with Gasteiger partial charge in [-0.3, -0.25) is 9.59 Å². The molecule has 0 aliphatic heterocycles. The maximum Gasteiger partial charge on any atom is 0.416 e. The molecule has 1 fully saturated rings. The van der Waals surface area contributed by atoms with Gasteiger partial charge in [-0.1, -0.05) is 0 Å². The third-order valence-corrected chi connectivity index (χ3v) is 4.26. The van der Waals surface area contributed by atoms with Crippen LogP contribution in [0.3, 0.4) is 0 Å². The number of nitrogens with zero attached hydrogens (tertiary/aromatic N) is 1. The average molecular weight is 346 g/mol. The van der Waals surface area contributed by atoms with Crippen LogP contribution in [0.2, 0.25) is 0 Å². The third-order valence-electron chi connectivity index (χ3n) is 4.26. The predicted octanol–water partition coefficient (Wildman–Crippen LogP) is 2.47. The minimum absolute atomic E-state index is 0.0105. The molecule has 1 aromatic rings. The van der Waals surface area contributed by atoms with Gasteiger partial charge in [0, 0.05) is 13.6 Å². The van der Waals surface area contributed by atoms with Crippen molar-refractivity contribution in [2.24, 2.45) is 0 Å². The zero-order valence-corrected chi connectivity index (χ0v) is 13.3. The minimum atomic E-state index is -4.69. The Labute approximate surface area is 136 Å². The Balaban J connectivity index is 2.18. The number of carbonyl (C=O) groups excluding carboxylic acids is 2. The summed E-state index contributed by atoms with van der Waals surface area (Å²) in [5.41, 5.74) is -2.32. The Morgan fingerprint density at radius 2 is 1.88 bits per heavy atom. The molecule has 8 heteroatoms. The molecule has 24 heavy (non-hydrogen) atoms. The second-order valence-electron chi connectivity index (χ2n) is 5.90. The number of hydrogen-bond acceptors (Lipinski definition) is 2. The van der Waals surface area contributed by atoms with E-state index in [0.29, 0.717) is 25.5 Å². The minimum Gasteiger partial charge on any atom is -0.346 e. The predicted molar refractivity (Wildman–Crippen MR) is 78.6 cm³/mol. The summed E-state index contributed by atoms with van der Waals surface area (Å²) in [6.07, 6.45) is -4.06. The largest absolute Gasteiger partial charge is 0.416 e. The van der Waals surface area contributed by atoms with Crippen molar-refractivity contribution in [3.63, 3.8) is 0 Å². The van der Waals surface area contributed by atoms with Crippen LogP contribution < -0.4 is 5.32 Å². The highest BCUT2D eigenvalue weighted by molar-refractivity contribution is 5.94. The summed E-state index contributed by atoms with van der Waals surface area (Å²) in [5, 5.41) is 2.44. The highest BCUT2D eigenvalue weighted by Crippen LogP contribution is 2.49. The van der Waals surface area contributed by atoms with E-state index >= 15 is 0 Å². The average Bonchev–Trinajstić information content (AvgIpc) is 3.31. The first-order valence-electron chi connectivity index (χ1n) is 7.50. The molecule has 0 radical (unpaired) electrons. The second kappa shape index (κ2) is 6.41. The number of amides is 2. The van der Waals surface area contributed by atoms with Crippen molar-refractivity contribution in [1.29, 1.82) is 0 Å². The van der Waals surface area contributed by atoms with Crippen LogP contribution in [0.4, 0.5) is 17.6 Å². The monoisotopic (exact) mass is 346 g/mol. The Bertz CT molecular complexity index is 654. The van der Waals surface area contributed by atoms with E-state index in [9.17, 15) is 27.2 Å². The molecule has 0 spiro atoms. The highest BCUT2D eigenvalue weighted by Gasteiger charge is 2.52. The van der Waals surface area contributed by atoms with E-state index in [1.807, 2.05) is 0 Å². The van der Waals surface area contributed by atoms with Gasteiger partial charge in [-0.15, -0.1) is 0 Å². The van der Waals surface area contributed by atoms with Gasteiger partial charge in [0.1, 0.15) is 5.82 Å². The summed E-state index contributed by atoms with van der Waals surface area (Å²) < 4.78 is 52.0. The van der Waals surface area contributed by atoms with E-state index in [0.717, 1.165) is 12.1 Å². The fourth-order valence-corrected chi connectivity index (χ4v) is 2.44. The molecule has 2 amide bonds. The van der Waals surface area contributed by atoms with Gasteiger partial charge in [0.15, 0.2) is 0 Å². The van der Waals surface area contributed by atoms with Crippen LogP contribution in [0.15, 0.2) is 18.2 Å². The molecule has 0 aromatic heterocycles. The van der Waals surface area contributed by atoms with Crippen molar-refractivity contribution in [3.05, 3.63) is 35.1 Å². The molecule has 0 bridgehead atoms. The Morgan fingerprint density at radius 1 is 1.25 bits per heavy atom. The number of benzene rings is 1. The lowest BCUT2D eigenvalue weighted by Gasteiger charge is -2.19. The maximum absolute atomic E-state index is 13.6. The smallest absolute Gasteiger partial charge is 0.346 e. The van der Waals surface area contributed by atoms with Crippen molar-refractivity contribution in [1.82, 2.24) is 10.2 Å². The molecule has 0 heterocycles. The van der Waals surface area contributed by atoms with Crippen LogP contribution in [0.1, 0.15) is 30.9 Å². The number of rotatable bonds is 5. The zero-order chi connectivity index (χ0) is 18.1. The molecule has 4 nitrogen and oxygen atoms in total.